The van der Waals surface area contributed by atoms with E-state index in [2.05, 4.69) is 4.74 Å². The van der Waals surface area contributed by atoms with E-state index in [1.165, 1.54) is 7.11 Å². The fourth-order valence-electron chi connectivity index (χ4n) is 2.67. The number of ether oxygens (including phenoxy) is 2. The number of esters is 1. The van der Waals surface area contributed by atoms with Crippen LogP contribution in [0.5, 0.6) is 0 Å². The van der Waals surface area contributed by atoms with E-state index in [0.29, 0.717) is 37.4 Å². The van der Waals surface area contributed by atoms with Crippen LogP contribution < -0.4 is 0 Å². The maximum absolute atomic E-state index is 12.5. The van der Waals surface area contributed by atoms with Gasteiger partial charge in [-0.05, 0) is 35.5 Å². The lowest BCUT2D eigenvalue weighted by Crippen LogP contribution is -2.46. The van der Waals surface area contributed by atoms with Gasteiger partial charge >= 0.3 is 5.97 Å². The lowest BCUT2D eigenvalue weighted by Gasteiger charge is -2.28. The molecule has 8 nitrogen and oxygen atoms in total. The van der Waals surface area contributed by atoms with Crippen molar-refractivity contribution >= 4 is 40.9 Å². The highest BCUT2D eigenvalue weighted by Gasteiger charge is 2.37. The van der Waals surface area contributed by atoms with Crippen LogP contribution in [0.4, 0.5) is 4.79 Å². The van der Waals surface area contributed by atoms with Crippen molar-refractivity contribution in [3.63, 3.8) is 0 Å². The zero-order valence-electron chi connectivity index (χ0n) is 14.7. The van der Waals surface area contributed by atoms with Gasteiger partial charge in [-0.2, -0.15) is 0 Å². The Kier molecular flexibility index (Phi) is 5.92. The molecule has 3 rings (SSSR count). The van der Waals surface area contributed by atoms with Crippen LogP contribution in [0.1, 0.15) is 15.9 Å². The Labute approximate surface area is 160 Å². The van der Waals surface area contributed by atoms with Gasteiger partial charge in [0.05, 0.1) is 30.8 Å². The number of thioether (sulfide) groups is 1. The summed E-state index contributed by atoms with van der Waals surface area (Å²) in [6, 6.07) is 6.45. The lowest BCUT2D eigenvalue weighted by molar-refractivity contribution is -0.139. The first-order valence-electron chi connectivity index (χ1n) is 8.29. The van der Waals surface area contributed by atoms with Crippen molar-refractivity contribution in [2.45, 2.75) is 0 Å². The SMILES string of the molecule is COC(=O)c1ccc(C=C2SC(=O)N(CC(=O)N3CCOCC3)C2=O)cc1. The quantitative estimate of drug-likeness (QED) is 0.566. The molecule has 0 spiro atoms. The molecule has 0 bridgehead atoms. The van der Waals surface area contributed by atoms with Crippen LogP contribution in [0.2, 0.25) is 0 Å². The van der Waals surface area contributed by atoms with Crippen molar-refractivity contribution in [2.24, 2.45) is 0 Å². The lowest BCUT2D eigenvalue weighted by atomic mass is 10.1. The molecular formula is C18H18N2O6S. The average Bonchev–Trinajstić information content (AvgIpc) is 2.96. The summed E-state index contributed by atoms with van der Waals surface area (Å²) in [5.74, 6) is -1.23. The van der Waals surface area contributed by atoms with Crippen LogP contribution in [-0.2, 0) is 19.1 Å². The Morgan fingerprint density at radius 1 is 1.19 bits per heavy atom. The summed E-state index contributed by atoms with van der Waals surface area (Å²) in [5, 5.41) is -0.473. The van der Waals surface area contributed by atoms with Gasteiger partial charge in [0.1, 0.15) is 6.54 Å². The van der Waals surface area contributed by atoms with Crippen molar-refractivity contribution in [1.29, 1.82) is 0 Å². The number of rotatable bonds is 4. The first-order valence-corrected chi connectivity index (χ1v) is 9.10. The van der Waals surface area contributed by atoms with E-state index < -0.39 is 17.1 Å². The van der Waals surface area contributed by atoms with Gasteiger partial charge in [0.2, 0.25) is 5.91 Å². The van der Waals surface area contributed by atoms with Crippen LogP contribution in [0.25, 0.3) is 6.08 Å². The summed E-state index contributed by atoms with van der Waals surface area (Å²) in [4.78, 5) is 51.2. The third-order valence-corrected chi connectivity index (χ3v) is 5.07. The van der Waals surface area contributed by atoms with Crippen LogP contribution in [0.15, 0.2) is 29.2 Å². The van der Waals surface area contributed by atoms with E-state index in [4.69, 9.17) is 4.74 Å². The second-order valence-corrected chi connectivity index (χ2v) is 6.87. The van der Waals surface area contributed by atoms with Crippen LogP contribution in [-0.4, -0.2) is 72.8 Å². The molecule has 9 heteroatoms. The van der Waals surface area contributed by atoms with Crippen molar-refractivity contribution in [3.8, 4) is 0 Å². The van der Waals surface area contributed by atoms with E-state index in [1.807, 2.05) is 0 Å². The summed E-state index contributed by atoms with van der Waals surface area (Å²) < 4.78 is 9.83. The molecule has 2 aliphatic rings. The zero-order chi connectivity index (χ0) is 19.4. The zero-order valence-corrected chi connectivity index (χ0v) is 15.5. The van der Waals surface area contributed by atoms with E-state index >= 15 is 0 Å². The van der Waals surface area contributed by atoms with Crippen molar-refractivity contribution in [2.75, 3.05) is 40.0 Å². The minimum Gasteiger partial charge on any atom is -0.465 e. The van der Waals surface area contributed by atoms with Crippen molar-refractivity contribution in [1.82, 2.24) is 9.80 Å². The van der Waals surface area contributed by atoms with Gasteiger partial charge in [-0.3, -0.25) is 19.3 Å². The minimum absolute atomic E-state index is 0.237. The maximum Gasteiger partial charge on any atom is 0.337 e. The number of carbonyl (C=O) groups excluding carboxylic acids is 4. The van der Waals surface area contributed by atoms with Gasteiger partial charge in [0, 0.05) is 13.1 Å². The third-order valence-electron chi connectivity index (χ3n) is 4.16. The second-order valence-electron chi connectivity index (χ2n) is 5.87. The van der Waals surface area contributed by atoms with Crippen molar-refractivity contribution in [3.05, 3.63) is 40.3 Å². The van der Waals surface area contributed by atoms with Gasteiger partial charge in [-0.1, -0.05) is 12.1 Å². The monoisotopic (exact) mass is 390 g/mol. The Hall–Kier alpha value is -2.65. The predicted molar refractivity (Wildman–Crippen MR) is 97.9 cm³/mol. The fraction of sp³-hybridized carbons (Fsp3) is 0.333. The number of carbonyl (C=O) groups is 4. The first kappa shape index (κ1) is 19.1. The number of methoxy groups -OCH3 is 1. The standard InChI is InChI=1S/C18H18N2O6S/c1-25-17(23)13-4-2-12(3-5-13)10-14-16(22)20(18(24)27-14)11-15(21)19-6-8-26-9-7-19/h2-5,10H,6-9,11H2,1H3. The molecule has 0 atom stereocenters. The van der Waals surface area contributed by atoms with Crippen LogP contribution >= 0.6 is 11.8 Å². The number of benzene rings is 1. The number of imide groups is 1. The molecule has 0 saturated carbocycles. The van der Waals surface area contributed by atoms with Gasteiger partial charge in [-0.25, -0.2) is 4.79 Å². The molecule has 0 unspecified atom stereocenters. The van der Waals surface area contributed by atoms with E-state index in [1.54, 1.807) is 35.2 Å². The summed E-state index contributed by atoms with van der Waals surface area (Å²) in [6.07, 6.45) is 1.56. The normalized spacial score (nSPS) is 18.9. The number of hydrogen-bond acceptors (Lipinski definition) is 7. The molecule has 142 valence electrons. The average molecular weight is 390 g/mol. The first-order chi connectivity index (χ1) is 13.0. The smallest absolute Gasteiger partial charge is 0.337 e. The van der Waals surface area contributed by atoms with E-state index in [9.17, 15) is 19.2 Å². The fourth-order valence-corrected chi connectivity index (χ4v) is 3.51. The Morgan fingerprint density at radius 3 is 2.48 bits per heavy atom. The Morgan fingerprint density at radius 2 is 1.85 bits per heavy atom. The molecule has 27 heavy (non-hydrogen) atoms. The Bertz CT molecular complexity index is 799. The van der Waals surface area contributed by atoms with Gasteiger partial charge < -0.3 is 14.4 Å². The molecule has 1 aromatic carbocycles. The molecule has 0 radical (unpaired) electrons. The largest absolute Gasteiger partial charge is 0.465 e. The van der Waals surface area contributed by atoms with E-state index in [0.717, 1.165) is 16.7 Å². The summed E-state index contributed by atoms with van der Waals surface area (Å²) >= 11 is 0.792. The predicted octanol–water partition coefficient (Wildman–Crippen LogP) is 1.37. The van der Waals surface area contributed by atoms with Gasteiger partial charge in [-0.15, -0.1) is 0 Å². The minimum atomic E-state index is -0.497. The number of amides is 3. The molecule has 3 amide bonds. The molecular weight excluding hydrogens is 372 g/mol. The molecule has 0 aliphatic carbocycles. The molecule has 2 fully saturated rings. The third kappa shape index (κ3) is 4.37. The molecule has 0 aromatic heterocycles. The molecule has 0 N–H and O–H groups in total. The number of nitrogens with zero attached hydrogens (tertiary/aromatic N) is 2. The number of morpholine rings is 1. The topological polar surface area (TPSA) is 93.2 Å². The highest BCUT2D eigenvalue weighted by molar-refractivity contribution is 8.18. The second kappa shape index (κ2) is 8.36. The van der Waals surface area contributed by atoms with Crippen LogP contribution in [0, 0.1) is 0 Å². The molecule has 1 aromatic rings. The van der Waals surface area contributed by atoms with E-state index in [-0.39, 0.29) is 17.4 Å². The molecule has 2 saturated heterocycles. The molecule has 2 heterocycles. The van der Waals surface area contributed by atoms with Gasteiger partial charge in [0.25, 0.3) is 11.1 Å². The number of hydrogen-bond donors (Lipinski definition) is 0. The van der Waals surface area contributed by atoms with Gasteiger partial charge in [0.15, 0.2) is 0 Å². The van der Waals surface area contributed by atoms with Crippen LogP contribution in [0.3, 0.4) is 0 Å². The Balaban J connectivity index is 1.68. The molecule has 2 aliphatic heterocycles. The highest BCUT2D eigenvalue weighted by atomic mass is 32.2. The van der Waals surface area contributed by atoms with Crippen molar-refractivity contribution < 1.29 is 28.7 Å². The summed E-state index contributed by atoms with van der Waals surface area (Å²) in [7, 11) is 1.30. The highest BCUT2D eigenvalue weighted by Crippen LogP contribution is 2.32. The summed E-state index contributed by atoms with van der Waals surface area (Å²) in [6.45, 7) is 1.54. The summed E-state index contributed by atoms with van der Waals surface area (Å²) in [5.41, 5.74) is 1.05. The maximum atomic E-state index is 12.5.